The molecule has 0 bridgehead atoms. The van der Waals surface area contributed by atoms with E-state index in [4.69, 9.17) is 4.74 Å². The van der Waals surface area contributed by atoms with Crippen LogP contribution in [0, 0.1) is 11.8 Å². The van der Waals surface area contributed by atoms with E-state index < -0.39 is 0 Å². The molecule has 0 aromatic heterocycles. The highest BCUT2D eigenvalue weighted by molar-refractivity contribution is 6.22. The molecule has 4 nitrogen and oxygen atoms in total. The van der Waals surface area contributed by atoms with Crippen LogP contribution < -0.4 is 9.64 Å². The first-order valence-corrected chi connectivity index (χ1v) is 6.74. The van der Waals surface area contributed by atoms with Crippen molar-refractivity contribution in [3.8, 4) is 5.75 Å². The Kier molecular flexibility index (Phi) is 3.01. The lowest BCUT2D eigenvalue weighted by Gasteiger charge is -2.19. The fraction of sp³-hybridized carbons (Fsp3) is 0.467. The molecule has 0 unspecified atom stereocenters. The Balaban J connectivity index is 1.91. The van der Waals surface area contributed by atoms with Crippen LogP contribution in [0.15, 0.2) is 24.3 Å². The average molecular weight is 259 g/mol. The van der Waals surface area contributed by atoms with Gasteiger partial charge in [0.1, 0.15) is 5.75 Å². The van der Waals surface area contributed by atoms with Gasteiger partial charge >= 0.3 is 0 Å². The predicted octanol–water partition coefficient (Wildman–Crippen LogP) is 2.37. The smallest absolute Gasteiger partial charge is 0.237 e. The van der Waals surface area contributed by atoms with Gasteiger partial charge in [-0.15, -0.1) is 0 Å². The molecule has 100 valence electrons. The monoisotopic (exact) mass is 259 g/mol. The zero-order chi connectivity index (χ0) is 13.4. The van der Waals surface area contributed by atoms with Gasteiger partial charge in [-0.2, -0.15) is 0 Å². The molecule has 19 heavy (non-hydrogen) atoms. The van der Waals surface area contributed by atoms with Crippen molar-refractivity contribution in [1.82, 2.24) is 0 Å². The summed E-state index contributed by atoms with van der Waals surface area (Å²) in [6.45, 7) is 0. The van der Waals surface area contributed by atoms with Crippen LogP contribution in [0.5, 0.6) is 5.75 Å². The van der Waals surface area contributed by atoms with Crippen molar-refractivity contribution >= 4 is 17.5 Å². The molecule has 1 saturated carbocycles. The highest BCUT2D eigenvalue weighted by Crippen LogP contribution is 2.40. The van der Waals surface area contributed by atoms with Crippen molar-refractivity contribution < 1.29 is 14.3 Å². The highest BCUT2D eigenvalue weighted by atomic mass is 16.5. The fourth-order valence-corrected chi connectivity index (χ4v) is 3.15. The average Bonchev–Trinajstić information content (AvgIpc) is 2.72. The quantitative estimate of drug-likeness (QED) is 0.766. The van der Waals surface area contributed by atoms with Crippen LogP contribution in [0.3, 0.4) is 0 Å². The molecular weight excluding hydrogens is 242 g/mol. The third-order valence-electron chi connectivity index (χ3n) is 4.17. The summed E-state index contributed by atoms with van der Waals surface area (Å²) in [7, 11) is 1.59. The van der Waals surface area contributed by atoms with Crippen LogP contribution in [0.4, 0.5) is 5.69 Å². The van der Waals surface area contributed by atoms with Crippen LogP contribution in [0.2, 0.25) is 0 Å². The standard InChI is InChI=1S/C15H17NO3/c1-19-11-8-6-10(7-9-11)16-14(17)12-4-2-3-5-13(12)15(16)18/h6-9,12-13H,2-5H2,1H3/t12-,13+. The minimum absolute atomic E-state index is 0.0279. The zero-order valence-electron chi connectivity index (χ0n) is 11.0. The van der Waals surface area contributed by atoms with E-state index in [0.29, 0.717) is 5.69 Å². The number of methoxy groups -OCH3 is 1. The molecule has 1 aliphatic heterocycles. The summed E-state index contributed by atoms with van der Waals surface area (Å²) in [4.78, 5) is 26.1. The number of benzene rings is 1. The number of fused-ring (bicyclic) bond motifs is 1. The Morgan fingerprint density at radius 2 is 1.53 bits per heavy atom. The number of hydrogen-bond acceptors (Lipinski definition) is 3. The molecule has 0 radical (unpaired) electrons. The third-order valence-corrected chi connectivity index (χ3v) is 4.17. The molecule has 2 atom stereocenters. The van der Waals surface area contributed by atoms with Crippen molar-refractivity contribution in [3.05, 3.63) is 24.3 Å². The summed E-state index contributed by atoms with van der Waals surface area (Å²) >= 11 is 0. The van der Waals surface area contributed by atoms with E-state index in [2.05, 4.69) is 0 Å². The molecule has 2 amide bonds. The van der Waals surface area contributed by atoms with E-state index in [1.54, 1.807) is 31.4 Å². The lowest BCUT2D eigenvalue weighted by Crippen LogP contribution is -2.30. The summed E-state index contributed by atoms with van der Waals surface area (Å²) in [5, 5.41) is 0. The third kappa shape index (κ3) is 1.91. The van der Waals surface area contributed by atoms with Crippen LogP contribution in [-0.4, -0.2) is 18.9 Å². The topological polar surface area (TPSA) is 46.6 Å². The molecule has 0 N–H and O–H groups in total. The number of imide groups is 1. The van der Waals surface area contributed by atoms with Gasteiger partial charge in [0, 0.05) is 0 Å². The molecule has 1 aliphatic carbocycles. The molecule has 2 fully saturated rings. The number of anilines is 1. The number of rotatable bonds is 2. The van der Waals surface area contributed by atoms with Gasteiger partial charge in [0.2, 0.25) is 11.8 Å². The lowest BCUT2D eigenvalue weighted by atomic mass is 9.81. The van der Waals surface area contributed by atoms with E-state index >= 15 is 0 Å². The zero-order valence-corrected chi connectivity index (χ0v) is 11.0. The second kappa shape index (κ2) is 4.68. The number of carbonyl (C=O) groups excluding carboxylic acids is 2. The Labute approximate surface area is 112 Å². The SMILES string of the molecule is COc1ccc(N2C(=O)[C@H]3CCCC[C@H]3C2=O)cc1. The van der Waals surface area contributed by atoms with Crippen LogP contribution >= 0.6 is 0 Å². The Hall–Kier alpha value is -1.84. The number of carbonyl (C=O) groups is 2. The minimum atomic E-state index is -0.0941. The van der Waals surface area contributed by atoms with E-state index in [9.17, 15) is 9.59 Å². The molecule has 1 aromatic carbocycles. The van der Waals surface area contributed by atoms with Crippen LogP contribution in [-0.2, 0) is 9.59 Å². The number of nitrogens with zero attached hydrogens (tertiary/aromatic N) is 1. The van der Waals surface area contributed by atoms with Gasteiger partial charge in [0.25, 0.3) is 0 Å². The maximum atomic E-state index is 12.4. The molecule has 1 heterocycles. The first kappa shape index (κ1) is 12.2. The summed E-state index contributed by atoms with van der Waals surface area (Å²) in [5.41, 5.74) is 0.658. The molecular formula is C15H17NO3. The summed E-state index contributed by atoms with van der Waals surface area (Å²) in [5.74, 6) is 0.478. The maximum absolute atomic E-state index is 12.4. The molecule has 0 spiro atoms. The van der Waals surface area contributed by atoms with Crippen molar-refractivity contribution in [3.63, 3.8) is 0 Å². The number of ether oxygens (including phenoxy) is 1. The van der Waals surface area contributed by atoms with E-state index in [1.807, 2.05) is 0 Å². The van der Waals surface area contributed by atoms with Crippen molar-refractivity contribution in [2.24, 2.45) is 11.8 Å². The fourth-order valence-electron chi connectivity index (χ4n) is 3.15. The van der Waals surface area contributed by atoms with Crippen LogP contribution in [0.1, 0.15) is 25.7 Å². The molecule has 4 heteroatoms. The predicted molar refractivity (Wildman–Crippen MR) is 70.9 cm³/mol. The Bertz CT molecular complexity index is 485. The number of amides is 2. The lowest BCUT2D eigenvalue weighted by molar-refractivity contribution is -0.122. The van der Waals surface area contributed by atoms with Gasteiger partial charge in [-0.25, -0.2) is 0 Å². The molecule has 1 saturated heterocycles. The van der Waals surface area contributed by atoms with Gasteiger partial charge < -0.3 is 4.74 Å². The highest BCUT2D eigenvalue weighted by Gasteiger charge is 2.48. The van der Waals surface area contributed by atoms with Gasteiger partial charge in [-0.3, -0.25) is 14.5 Å². The normalized spacial score (nSPS) is 26.5. The largest absolute Gasteiger partial charge is 0.497 e. The van der Waals surface area contributed by atoms with Gasteiger partial charge in [-0.1, -0.05) is 12.8 Å². The van der Waals surface area contributed by atoms with E-state index in [0.717, 1.165) is 31.4 Å². The van der Waals surface area contributed by atoms with Crippen molar-refractivity contribution in [2.45, 2.75) is 25.7 Å². The first-order valence-electron chi connectivity index (χ1n) is 6.74. The number of hydrogen-bond donors (Lipinski definition) is 0. The van der Waals surface area contributed by atoms with E-state index in [1.165, 1.54) is 4.90 Å². The van der Waals surface area contributed by atoms with Gasteiger partial charge in [-0.05, 0) is 37.1 Å². The van der Waals surface area contributed by atoms with Crippen LogP contribution in [0.25, 0.3) is 0 Å². The van der Waals surface area contributed by atoms with Crippen molar-refractivity contribution in [1.29, 1.82) is 0 Å². The first-order chi connectivity index (χ1) is 9.22. The second-order valence-corrected chi connectivity index (χ2v) is 5.21. The summed E-state index contributed by atoms with van der Waals surface area (Å²) < 4.78 is 5.09. The van der Waals surface area contributed by atoms with Gasteiger partial charge in [0.05, 0.1) is 24.6 Å². The Morgan fingerprint density at radius 1 is 1.00 bits per heavy atom. The van der Waals surface area contributed by atoms with E-state index in [-0.39, 0.29) is 23.7 Å². The summed E-state index contributed by atoms with van der Waals surface area (Å²) in [6.07, 6.45) is 3.80. The van der Waals surface area contributed by atoms with Gasteiger partial charge in [0.15, 0.2) is 0 Å². The second-order valence-electron chi connectivity index (χ2n) is 5.21. The van der Waals surface area contributed by atoms with Crippen molar-refractivity contribution in [2.75, 3.05) is 12.0 Å². The Morgan fingerprint density at radius 3 is 2.00 bits per heavy atom. The summed E-state index contributed by atoms with van der Waals surface area (Å²) in [6, 6.07) is 7.09. The molecule has 3 rings (SSSR count). The molecule has 2 aliphatic rings. The molecule has 1 aromatic rings. The maximum Gasteiger partial charge on any atom is 0.237 e. The minimum Gasteiger partial charge on any atom is -0.497 e.